The van der Waals surface area contributed by atoms with Gasteiger partial charge in [-0.05, 0) is 82.3 Å². The van der Waals surface area contributed by atoms with Crippen LogP contribution in [0, 0.1) is 0 Å². The molecule has 0 spiro atoms. The zero-order valence-corrected chi connectivity index (χ0v) is 53.3. The first kappa shape index (κ1) is 65.0. The number of benzene rings is 4. The summed E-state index contributed by atoms with van der Waals surface area (Å²) in [4.78, 5) is 40.8. The normalized spacial score (nSPS) is 16.8. The molecule has 4 aromatic carbocycles. The molecule has 2 amide bonds. The van der Waals surface area contributed by atoms with Crippen LogP contribution in [-0.4, -0.2) is 179 Å². The molecule has 0 unspecified atom stereocenters. The number of piperazine rings is 4. The van der Waals surface area contributed by atoms with E-state index in [1.165, 1.54) is 45.0 Å². The Morgan fingerprint density at radius 3 is 0.675 bits per heavy atom. The van der Waals surface area contributed by atoms with Crippen molar-refractivity contribution in [3.8, 4) is 23.0 Å². The lowest BCUT2D eigenvalue weighted by atomic mass is 9.86. The number of nitrogens with zero attached hydrogens (tertiary/aromatic N) is 8. The van der Waals surface area contributed by atoms with Gasteiger partial charge in [-0.25, -0.2) is 0 Å². The van der Waals surface area contributed by atoms with Crippen LogP contribution in [0.2, 0.25) is 0 Å². The molecule has 0 aliphatic carbocycles. The van der Waals surface area contributed by atoms with E-state index in [2.05, 4.69) is 199 Å². The number of carbonyl (C=O) groups is 2. The molecule has 4 aliphatic heterocycles. The molecule has 0 aromatic heterocycles. The maximum Gasteiger partial charge on any atom is 0.219 e. The highest BCUT2D eigenvalue weighted by molar-refractivity contribution is 5.74. The van der Waals surface area contributed by atoms with Crippen LogP contribution in [0.3, 0.4) is 0 Å². The van der Waals surface area contributed by atoms with Crippen LogP contribution in [0.15, 0.2) is 72.8 Å². The third kappa shape index (κ3) is 18.1. The van der Waals surface area contributed by atoms with Crippen molar-refractivity contribution in [2.24, 2.45) is 0 Å². The summed E-state index contributed by atoms with van der Waals surface area (Å²) in [5.74, 6) is 4.21. The number of anilines is 4. The van der Waals surface area contributed by atoms with Crippen molar-refractivity contribution in [3.05, 3.63) is 95.1 Å². The molecule has 0 atom stereocenters. The number of rotatable bonds is 8. The van der Waals surface area contributed by atoms with Gasteiger partial charge in [0.05, 0.1) is 28.4 Å². The summed E-state index contributed by atoms with van der Waals surface area (Å²) in [6.45, 7) is 45.3. The number of likely N-dealkylation sites (N-methyl/N-ethyl adjacent to an activating group) is 2. The minimum atomic E-state index is 0.0667. The van der Waals surface area contributed by atoms with Crippen LogP contribution >= 0.6 is 0 Å². The third-order valence-electron chi connectivity index (χ3n) is 15.9. The fraction of sp³-hybridized carbons (Fsp3) is 0.606. The summed E-state index contributed by atoms with van der Waals surface area (Å²) < 4.78 is 22.3. The first-order chi connectivity index (χ1) is 37.5. The number of hydrogen-bond acceptors (Lipinski definition) is 12. The fourth-order valence-electron chi connectivity index (χ4n) is 10.7. The van der Waals surface area contributed by atoms with Crippen molar-refractivity contribution >= 4 is 34.6 Å². The lowest BCUT2D eigenvalue weighted by Gasteiger charge is -2.36. The molecular formula is C66H104N8O6. The van der Waals surface area contributed by atoms with Crippen molar-refractivity contribution < 1.29 is 28.5 Å². The Morgan fingerprint density at radius 2 is 0.512 bits per heavy atom. The minimum Gasteiger partial charge on any atom is -0.496 e. The summed E-state index contributed by atoms with van der Waals surface area (Å²) in [6, 6.07) is 26.1. The number of hydrogen-bond donors (Lipinski definition) is 0. The Balaban J connectivity index is 0.000000196. The van der Waals surface area contributed by atoms with Gasteiger partial charge in [-0.2, -0.15) is 0 Å². The van der Waals surface area contributed by atoms with E-state index >= 15 is 0 Å². The molecule has 444 valence electrons. The standard InChI is InChI=1S/2C17H26N2O2.2C16H26N2O/c2*1-13(20)18-8-10-19(11-9-18)14-6-7-15(17(2,3)4)16(12-14)21-5;2*1-16(2,3)14-7-6-13(12-15(14)19-5)18-10-8-17(4)9-11-18/h2*6-7,12H,8-11H2,1-5H3;2*6-7,12H,8-11H2,1-5H3. The van der Waals surface area contributed by atoms with Crippen LogP contribution in [0.4, 0.5) is 22.7 Å². The summed E-state index contributed by atoms with van der Waals surface area (Å²) in [5, 5.41) is 0. The predicted octanol–water partition coefficient (Wildman–Crippen LogP) is 10.8. The average Bonchev–Trinajstić information content (AvgIpc) is 3.42. The molecule has 4 fully saturated rings. The summed E-state index contributed by atoms with van der Waals surface area (Å²) in [7, 11) is 11.3. The van der Waals surface area contributed by atoms with E-state index in [0.717, 1.165) is 128 Å². The second-order valence-electron chi connectivity index (χ2n) is 26.1. The van der Waals surface area contributed by atoms with E-state index in [0.29, 0.717) is 0 Å². The Hall–Kier alpha value is -5.86. The highest BCUT2D eigenvalue weighted by atomic mass is 16.5. The van der Waals surface area contributed by atoms with E-state index in [-0.39, 0.29) is 33.5 Å². The molecule has 4 saturated heterocycles. The van der Waals surface area contributed by atoms with Gasteiger partial charge in [-0.1, -0.05) is 107 Å². The van der Waals surface area contributed by atoms with E-state index in [4.69, 9.17) is 18.9 Å². The topological polar surface area (TPSA) is 97.0 Å². The first-order valence-electron chi connectivity index (χ1n) is 29.1. The predicted molar refractivity (Wildman–Crippen MR) is 335 cm³/mol. The van der Waals surface area contributed by atoms with Crippen molar-refractivity contribution in [3.63, 3.8) is 0 Å². The second-order valence-corrected chi connectivity index (χ2v) is 26.1. The van der Waals surface area contributed by atoms with E-state index in [1.54, 1.807) is 42.3 Å². The van der Waals surface area contributed by atoms with Gasteiger partial charge < -0.3 is 58.1 Å². The molecule has 0 radical (unpaired) electrons. The number of ether oxygens (including phenoxy) is 4. The zero-order chi connectivity index (χ0) is 59.3. The monoisotopic (exact) mass is 1100 g/mol. The smallest absolute Gasteiger partial charge is 0.219 e. The Labute approximate surface area is 484 Å². The Kier molecular flexibility index (Phi) is 22.9. The van der Waals surface area contributed by atoms with Gasteiger partial charge in [0.2, 0.25) is 11.8 Å². The molecular weight excluding hydrogens is 1000 g/mol. The molecule has 0 N–H and O–H groups in total. The third-order valence-corrected chi connectivity index (χ3v) is 15.9. The van der Waals surface area contributed by atoms with E-state index in [9.17, 15) is 9.59 Å². The molecule has 4 aliphatic rings. The number of amides is 2. The number of methoxy groups -OCH3 is 4. The molecule has 4 aromatic rings. The Bertz CT molecular complexity index is 2420. The van der Waals surface area contributed by atoms with Crippen molar-refractivity contribution in [2.45, 2.75) is 119 Å². The number of carbonyl (C=O) groups excluding carboxylic acids is 2. The van der Waals surface area contributed by atoms with E-state index < -0.39 is 0 Å². The van der Waals surface area contributed by atoms with Crippen LogP contribution in [0.5, 0.6) is 23.0 Å². The van der Waals surface area contributed by atoms with Crippen molar-refractivity contribution in [1.82, 2.24) is 19.6 Å². The maximum absolute atomic E-state index is 11.4. The van der Waals surface area contributed by atoms with Gasteiger partial charge in [0.1, 0.15) is 23.0 Å². The first-order valence-corrected chi connectivity index (χ1v) is 29.1. The van der Waals surface area contributed by atoms with E-state index in [1.807, 2.05) is 9.80 Å². The molecule has 0 bridgehead atoms. The fourth-order valence-corrected chi connectivity index (χ4v) is 10.7. The molecule has 14 nitrogen and oxygen atoms in total. The largest absolute Gasteiger partial charge is 0.496 e. The molecule has 14 heteroatoms. The maximum atomic E-state index is 11.4. The van der Waals surface area contributed by atoms with Gasteiger partial charge in [0.25, 0.3) is 0 Å². The Morgan fingerprint density at radius 1 is 0.325 bits per heavy atom. The molecule has 80 heavy (non-hydrogen) atoms. The van der Waals surface area contributed by atoms with Gasteiger partial charge in [-0.3, -0.25) is 9.59 Å². The van der Waals surface area contributed by atoms with Gasteiger partial charge in [0, 0.05) is 166 Å². The quantitative estimate of drug-likeness (QED) is 0.168. The second kappa shape index (κ2) is 28.2. The van der Waals surface area contributed by atoms with Crippen LogP contribution in [-0.2, 0) is 31.2 Å². The zero-order valence-electron chi connectivity index (χ0n) is 53.3. The summed E-state index contributed by atoms with van der Waals surface area (Å²) in [6.07, 6.45) is 0. The molecule has 0 saturated carbocycles. The van der Waals surface area contributed by atoms with Gasteiger partial charge in [0.15, 0.2) is 0 Å². The molecule has 4 heterocycles. The highest BCUT2D eigenvalue weighted by Gasteiger charge is 2.27. The lowest BCUT2D eigenvalue weighted by Crippen LogP contribution is -2.48. The average molecular weight is 1110 g/mol. The van der Waals surface area contributed by atoms with Crippen molar-refractivity contribution in [2.75, 3.05) is 167 Å². The minimum absolute atomic E-state index is 0.0667. The lowest BCUT2D eigenvalue weighted by molar-refractivity contribution is -0.129. The van der Waals surface area contributed by atoms with Crippen LogP contribution in [0.25, 0.3) is 0 Å². The highest BCUT2D eigenvalue weighted by Crippen LogP contribution is 2.38. The van der Waals surface area contributed by atoms with Gasteiger partial charge in [-0.15, -0.1) is 0 Å². The summed E-state index contributed by atoms with van der Waals surface area (Å²) >= 11 is 0. The van der Waals surface area contributed by atoms with Crippen LogP contribution < -0.4 is 38.5 Å². The summed E-state index contributed by atoms with van der Waals surface area (Å²) in [5.41, 5.74) is 10.2. The SMILES string of the molecule is COc1cc(N2CCN(C(C)=O)CC2)ccc1C(C)(C)C.COc1cc(N2CCN(C(C)=O)CC2)ccc1C(C)(C)C.COc1cc(N2CCN(C)CC2)ccc1C(C)(C)C.COc1cc(N2CCN(C)CC2)ccc1C(C)(C)C. The molecule has 8 rings (SSSR count). The van der Waals surface area contributed by atoms with Crippen molar-refractivity contribution in [1.29, 1.82) is 0 Å². The van der Waals surface area contributed by atoms with Gasteiger partial charge >= 0.3 is 0 Å². The van der Waals surface area contributed by atoms with Crippen LogP contribution in [0.1, 0.15) is 119 Å².